The predicted octanol–water partition coefficient (Wildman–Crippen LogP) is 2.61. The Morgan fingerprint density at radius 3 is 2.67 bits per heavy atom. The average molecular weight is 314 g/mol. The molecule has 1 N–H and O–H groups in total. The largest absolute Gasteiger partial charge is 0.497 e. The van der Waals surface area contributed by atoms with Crippen molar-refractivity contribution in [3.8, 4) is 11.5 Å². The number of hydrogen-bond donors (Lipinski definition) is 1. The summed E-state index contributed by atoms with van der Waals surface area (Å²) < 4.78 is 11.1. The number of halogens is 1. The molecule has 4 nitrogen and oxygen atoms in total. The Balaban J connectivity index is 2.21. The number of ether oxygens (including phenoxy) is 2. The number of rotatable bonds is 5. The van der Waals surface area contributed by atoms with Gasteiger partial charge >= 0.3 is 0 Å². The molecule has 5 heteroatoms. The van der Waals surface area contributed by atoms with Gasteiger partial charge in [0.15, 0.2) is 0 Å². The van der Waals surface area contributed by atoms with Crippen molar-refractivity contribution in [1.82, 2.24) is 5.32 Å². The zero-order valence-corrected chi connectivity index (χ0v) is 12.0. The van der Waals surface area contributed by atoms with Gasteiger partial charge in [-0.25, -0.2) is 0 Å². The van der Waals surface area contributed by atoms with E-state index in [4.69, 9.17) is 9.47 Å². The second-order valence-electron chi connectivity index (χ2n) is 4.34. The number of methoxy groups -OCH3 is 2. The van der Waals surface area contributed by atoms with Crippen LogP contribution in [-0.4, -0.2) is 26.7 Å². The van der Waals surface area contributed by atoms with Crippen molar-refractivity contribution >= 4 is 21.8 Å². The first-order chi connectivity index (χ1) is 8.65. The molecule has 18 heavy (non-hydrogen) atoms. The first-order valence-electron chi connectivity index (χ1n) is 5.85. The molecule has 0 aromatic heterocycles. The normalized spacial score (nSPS) is 14.2. The first-order valence-corrected chi connectivity index (χ1v) is 6.64. The molecular formula is C13H16BrNO3. The van der Waals surface area contributed by atoms with Crippen molar-refractivity contribution in [1.29, 1.82) is 0 Å². The molecule has 0 bridgehead atoms. The lowest BCUT2D eigenvalue weighted by molar-refractivity contribution is 0.0948. The highest BCUT2D eigenvalue weighted by Crippen LogP contribution is 2.34. The van der Waals surface area contributed by atoms with E-state index in [-0.39, 0.29) is 5.91 Å². The van der Waals surface area contributed by atoms with Crippen LogP contribution in [0.15, 0.2) is 16.6 Å². The summed E-state index contributed by atoms with van der Waals surface area (Å²) >= 11 is 3.37. The molecule has 0 unspecified atom stereocenters. The minimum atomic E-state index is -0.127. The highest BCUT2D eigenvalue weighted by molar-refractivity contribution is 9.10. The van der Waals surface area contributed by atoms with Crippen LogP contribution in [0, 0.1) is 5.92 Å². The number of carbonyl (C=O) groups is 1. The molecule has 0 atom stereocenters. The monoisotopic (exact) mass is 313 g/mol. The molecule has 1 aromatic carbocycles. The maximum atomic E-state index is 12.1. The summed E-state index contributed by atoms with van der Waals surface area (Å²) in [5, 5.41) is 2.92. The van der Waals surface area contributed by atoms with E-state index in [0.717, 1.165) is 6.54 Å². The minimum Gasteiger partial charge on any atom is -0.497 e. The lowest BCUT2D eigenvalue weighted by atomic mass is 10.1. The molecule has 0 radical (unpaired) electrons. The van der Waals surface area contributed by atoms with E-state index >= 15 is 0 Å². The van der Waals surface area contributed by atoms with Gasteiger partial charge < -0.3 is 14.8 Å². The van der Waals surface area contributed by atoms with Crippen LogP contribution in [0.5, 0.6) is 11.5 Å². The summed E-state index contributed by atoms with van der Waals surface area (Å²) in [6.45, 7) is 0.733. The number of hydrogen-bond acceptors (Lipinski definition) is 3. The van der Waals surface area contributed by atoms with Crippen LogP contribution in [0.25, 0.3) is 0 Å². The molecule has 1 saturated carbocycles. The van der Waals surface area contributed by atoms with Crippen molar-refractivity contribution in [3.05, 3.63) is 22.2 Å². The Bertz CT molecular complexity index is 458. The van der Waals surface area contributed by atoms with Gasteiger partial charge in [0, 0.05) is 6.54 Å². The average Bonchev–Trinajstić information content (AvgIpc) is 3.18. The predicted molar refractivity (Wildman–Crippen MR) is 72.3 cm³/mol. The van der Waals surface area contributed by atoms with Gasteiger partial charge in [0.25, 0.3) is 5.91 Å². The number of carbonyl (C=O) groups excluding carboxylic acids is 1. The highest BCUT2D eigenvalue weighted by Gasteiger charge is 2.23. The Morgan fingerprint density at radius 2 is 2.11 bits per heavy atom. The van der Waals surface area contributed by atoms with Crippen molar-refractivity contribution < 1.29 is 14.3 Å². The van der Waals surface area contributed by atoms with Gasteiger partial charge in [-0.15, -0.1) is 0 Å². The third-order valence-electron chi connectivity index (χ3n) is 2.95. The lowest BCUT2D eigenvalue weighted by Crippen LogP contribution is -2.26. The zero-order valence-electron chi connectivity index (χ0n) is 10.5. The molecule has 98 valence electrons. The van der Waals surface area contributed by atoms with Crippen LogP contribution in [0.3, 0.4) is 0 Å². The van der Waals surface area contributed by atoms with Crippen LogP contribution >= 0.6 is 15.9 Å². The third-order valence-corrected chi connectivity index (χ3v) is 3.54. The molecule has 1 aliphatic rings. The number of nitrogens with one attached hydrogen (secondary N) is 1. The molecule has 1 amide bonds. The van der Waals surface area contributed by atoms with Gasteiger partial charge in [0.2, 0.25) is 0 Å². The van der Waals surface area contributed by atoms with Gasteiger partial charge in [0.05, 0.1) is 24.3 Å². The Labute approximate surface area is 115 Å². The number of benzene rings is 1. The molecular weight excluding hydrogens is 298 g/mol. The van der Waals surface area contributed by atoms with Gasteiger partial charge in [-0.2, -0.15) is 0 Å². The van der Waals surface area contributed by atoms with Crippen LogP contribution in [0.2, 0.25) is 0 Å². The molecule has 0 saturated heterocycles. The topological polar surface area (TPSA) is 47.6 Å². The van der Waals surface area contributed by atoms with Crippen molar-refractivity contribution in [2.75, 3.05) is 20.8 Å². The SMILES string of the molecule is COc1cc(Br)c(OC)c(C(=O)NCC2CC2)c1. The Morgan fingerprint density at radius 1 is 1.39 bits per heavy atom. The summed E-state index contributed by atoms with van der Waals surface area (Å²) in [6.07, 6.45) is 2.42. The van der Waals surface area contributed by atoms with E-state index in [1.54, 1.807) is 26.4 Å². The second kappa shape index (κ2) is 5.61. The fourth-order valence-corrected chi connectivity index (χ4v) is 2.32. The van der Waals surface area contributed by atoms with Gasteiger partial charge in [-0.3, -0.25) is 4.79 Å². The fourth-order valence-electron chi connectivity index (χ4n) is 1.72. The van der Waals surface area contributed by atoms with E-state index in [2.05, 4.69) is 21.2 Å². The number of amides is 1. The maximum Gasteiger partial charge on any atom is 0.255 e. The summed E-state index contributed by atoms with van der Waals surface area (Å²) in [4.78, 5) is 12.1. The summed E-state index contributed by atoms with van der Waals surface area (Å²) in [5.41, 5.74) is 0.490. The summed E-state index contributed by atoms with van der Waals surface area (Å²) in [5.74, 6) is 1.68. The van der Waals surface area contributed by atoms with Crippen LogP contribution in [0.1, 0.15) is 23.2 Å². The van der Waals surface area contributed by atoms with Crippen LogP contribution < -0.4 is 14.8 Å². The minimum absolute atomic E-state index is 0.127. The maximum absolute atomic E-state index is 12.1. The highest BCUT2D eigenvalue weighted by atomic mass is 79.9. The van der Waals surface area contributed by atoms with Crippen molar-refractivity contribution in [3.63, 3.8) is 0 Å². The summed E-state index contributed by atoms with van der Waals surface area (Å²) in [7, 11) is 3.12. The Hall–Kier alpha value is -1.23. The first kappa shape index (κ1) is 13.2. The van der Waals surface area contributed by atoms with Gasteiger partial charge in [-0.1, -0.05) is 0 Å². The summed E-state index contributed by atoms with van der Waals surface area (Å²) in [6, 6.07) is 3.46. The smallest absolute Gasteiger partial charge is 0.255 e. The molecule has 2 rings (SSSR count). The van der Waals surface area contributed by atoms with Crippen LogP contribution in [0.4, 0.5) is 0 Å². The molecule has 1 aromatic rings. The molecule has 1 fully saturated rings. The molecule has 0 spiro atoms. The molecule has 0 aliphatic heterocycles. The van der Waals surface area contributed by atoms with E-state index in [1.165, 1.54) is 12.8 Å². The van der Waals surface area contributed by atoms with E-state index in [1.807, 2.05) is 0 Å². The second-order valence-corrected chi connectivity index (χ2v) is 5.20. The zero-order chi connectivity index (χ0) is 13.1. The van der Waals surface area contributed by atoms with E-state index in [9.17, 15) is 4.79 Å². The van der Waals surface area contributed by atoms with Crippen LogP contribution in [-0.2, 0) is 0 Å². The Kier molecular flexibility index (Phi) is 4.11. The van der Waals surface area contributed by atoms with Crippen molar-refractivity contribution in [2.45, 2.75) is 12.8 Å². The van der Waals surface area contributed by atoms with Gasteiger partial charge in [0.1, 0.15) is 11.5 Å². The quantitative estimate of drug-likeness (QED) is 0.909. The van der Waals surface area contributed by atoms with E-state index in [0.29, 0.717) is 27.5 Å². The standard InChI is InChI=1S/C13H16BrNO3/c1-17-9-5-10(12(18-2)11(14)6-9)13(16)15-7-8-3-4-8/h5-6,8H,3-4,7H2,1-2H3,(H,15,16). The lowest BCUT2D eigenvalue weighted by Gasteiger charge is -2.12. The van der Waals surface area contributed by atoms with Gasteiger partial charge in [-0.05, 0) is 46.8 Å². The molecule has 0 heterocycles. The van der Waals surface area contributed by atoms with Crippen molar-refractivity contribution in [2.24, 2.45) is 5.92 Å². The molecule has 1 aliphatic carbocycles. The van der Waals surface area contributed by atoms with E-state index < -0.39 is 0 Å². The third kappa shape index (κ3) is 2.96. The fraction of sp³-hybridized carbons (Fsp3) is 0.462.